The Kier molecular flexibility index (Phi) is 3.16. The van der Waals surface area contributed by atoms with Crippen molar-refractivity contribution in [3.05, 3.63) is 33.9 Å². The highest BCUT2D eigenvalue weighted by atomic mass is 16.4. The zero-order chi connectivity index (χ0) is 11.6. The van der Waals surface area contributed by atoms with E-state index in [9.17, 15) is 4.79 Å². The second-order valence-corrected chi connectivity index (χ2v) is 3.69. The predicted octanol–water partition coefficient (Wildman–Crippen LogP) is 2.36. The van der Waals surface area contributed by atoms with E-state index in [1.807, 2.05) is 27.7 Å². The standard InChI is InChI=1S/C13H14O2/c1-8-7-9(2)11(4)12(10(8)3)5-6-13(14)15/h7H,1-4H3,(H,14,15). The number of hydrogen-bond acceptors (Lipinski definition) is 1. The average molecular weight is 202 g/mol. The maximum absolute atomic E-state index is 10.4. The summed E-state index contributed by atoms with van der Waals surface area (Å²) in [6.07, 6.45) is 0. The molecule has 2 heteroatoms. The maximum atomic E-state index is 10.4. The van der Waals surface area contributed by atoms with Crippen LogP contribution >= 0.6 is 0 Å². The number of hydrogen-bond donors (Lipinski definition) is 1. The van der Waals surface area contributed by atoms with E-state index in [0.717, 1.165) is 27.8 Å². The first kappa shape index (κ1) is 11.3. The molecule has 1 aromatic rings. The molecule has 1 rings (SSSR count). The van der Waals surface area contributed by atoms with Crippen LogP contribution in [0.15, 0.2) is 6.07 Å². The Hall–Kier alpha value is -1.75. The molecule has 0 aliphatic rings. The fourth-order valence-corrected chi connectivity index (χ4v) is 1.52. The summed E-state index contributed by atoms with van der Waals surface area (Å²) in [5, 5.41) is 8.52. The molecule has 0 saturated carbocycles. The molecule has 1 N–H and O–H groups in total. The molecule has 1 aromatic carbocycles. The van der Waals surface area contributed by atoms with E-state index in [-0.39, 0.29) is 0 Å². The average Bonchev–Trinajstić information content (AvgIpc) is 2.14. The van der Waals surface area contributed by atoms with Gasteiger partial charge in [-0.3, -0.25) is 0 Å². The number of carbonyl (C=O) groups is 1. The molecular weight excluding hydrogens is 188 g/mol. The van der Waals surface area contributed by atoms with Gasteiger partial charge in [-0.15, -0.1) is 0 Å². The molecule has 0 heterocycles. The lowest BCUT2D eigenvalue weighted by atomic mass is 9.94. The van der Waals surface area contributed by atoms with Crippen LogP contribution in [0.3, 0.4) is 0 Å². The van der Waals surface area contributed by atoms with E-state index < -0.39 is 5.97 Å². The van der Waals surface area contributed by atoms with E-state index in [0.29, 0.717) is 0 Å². The highest BCUT2D eigenvalue weighted by molar-refractivity contribution is 5.87. The Morgan fingerprint density at radius 3 is 2.00 bits per heavy atom. The van der Waals surface area contributed by atoms with Gasteiger partial charge in [-0.05, 0) is 49.9 Å². The summed E-state index contributed by atoms with van der Waals surface area (Å²) in [7, 11) is 0. The Morgan fingerprint density at radius 2 is 1.60 bits per heavy atom. The molecule has 0 aliphatic carbocycles. The Morgan fingerprint density at radius 1 is 1.13 bits per heavy atom. The van der Waals surface area contributed by atoms with Gasteiger partial charge in [0.15, 0.2) is 0 Å². The van der Waals surface area contributed by atoms with Gasteiger partial charge in [0.05, 0.1) is 0 Å². The SMILES string of the molecule is Cc1cc(C)c(C)c(C#CC(=O)O)c1C. The van der Waals surface area contributed by atoms with Crippen molar-refractivity contribution in [2.45, 2.75) is 27.7 Å². The molecule has 0 atom stereocenters. The van der Waals surface area contributed by atoms with Crippen molar-refractivity contribution in [1.82, 2.24) is 0 Å². The third-order valence-corrected chi connectivity index (χ3v) is 2.66. The first-order valence-electron chi connectivity index (χ1n) is 4.76. The third-order valence-electron chi connectivity index (χ3n) is 2.66. The topological polar surface area (TPSA) is 37.3 Å². The number of carboxylic acids is 1. The lowest BCUT2D eigenvalue weighted by Crippen LogP contribution is -1.96. The lowest BCUT2D eigenvalue weighted by Gasteiger charge is -2.09. The van der Waals surface area contributed by atoms with Gasteiger partial charge in [0.25, 0.3) is 0 Å². The molecule has 0 spiro atoms. The largest absolute Gasteiger partial charge is 0.472 e. The van der Waals surface area contributed by atoms with Gasteiger partial charge in [0.1, 0.15) is 0 Å². The molecule has 0 unspecified atom stereocenters. The quantitative estimate of drug-likeness (QED) is 0.656. The van der Waals surface area contributed by atoms with Crippen LogP contribution in [0.5, 0.6) is 0 Å². The highest BCUT2D eigenvalue weighted by Crippen LogP contribution is 2.20. The summed E-state index contributed by atoms with van der Waals surface area (Å²) in [5.41, 5.74) is 5.26. The summed E-state index contributed by atoms with van der Waals surface area (Å²) in [5.74, 6) is 3.79. The molecule has 0 aliphatic heterocycles. The second kappa shape index (κ2) is 4.18. The number of aliphatic carboxylic acids is 1. The van der Waals surface area contributed by atoms with Crippen LogP contribution in [0.1, 0.15) is 27.8 Å². The van der Waals surface area contributed by atoms with Crippen LogP contribution in [0.2, 0.25) is 0 Å². The zero-order valence-corrected chi connectivity index (χ0v) is 9.43. The number of benzene rings is 1. The summed E-state index contributed by atoms with van der Waals surface area (Å²) in [6, 6.07) is 2.09. The molecule has 0 radical (unpaired) electrons. The number of rotatable bonds is 0. The maximum Gasteiger partial charge on any atom is 0.382 e. The summed E-state index contributed by atoms with van der Waals surface area (Å²) in [4.78, 5) is 10.4. The van der Waals surface area contributed by atoms with Crippen LogP contribution in [-0.4, -0.2) is 11.1 Å². The zero-order valence-electron chi connectivity index (χ0n) is 9.43. The van der Waals surface area contributed by atoms with Crippen LogP contribution in [0.4, 0.5) is 0 Å². The minimum absolute atomic E-state index is 0.843. The van der Waals surface area contributed by atoms with E-state index in [4.69, 9.17) is 5.11 Å². The molecule has 0 bridgehead atoms. The van der Waals surface area contributed by atoms with Gasteiger partial charge >= 0.3 is 5.97 Å². The second-order valence-electron chi connectivity index (χ2n) is 3.69. The number of aryl methyl sites for hydroxylation is 2. The van der Waals surface area contributed by atoms with Gasteiger partial charge in [-0.25, -0.2) is 4.79 Å². The third kappa shape index (κ3) is 2.38. The molecular formula is C13H14O2. The molecule has 0 saturated heterocycles. The lowest BCUT2D eigenvalue weighted by molar-refractivity contribution is -0.130. The van der Waals surface area contributed by atoms with E-state index in [1.54, 1.807) is 0 Å². The minimum atomic E-state index is -1.09. The molecule has 78 valence electrons. The van der Waals surface area contributed by atoms with Crippen molar-refractivity contribution >= 4 is 5.97 Å². The fraction of sp³-hybridized carbons (Fsp3) is 0.308. The van der Waals surface area contributed by atoms with Gasteiger partial charge in [0, 0.05) is 11.5 Å². The van der Waals surface area contributed by atoms with Gasteiger partial charge < -0.3 is 5.11 Å². The Bertz CT molecular complexity index is 447. The molecule has 15 heavy (non-hydrogen) atoms. The normalized spacial score (nSPS) is 9.33. The first-order chi connectivity index (χ1) is 6.93. The van der Waals surface area contributed by atoms with Crippen LogP contribution < -0.4 is 0 Å². The highest BCUT2D eigenvalue weighted by Gasteiger charge is 2.05. The van der Waals surface area contributed by atoms with Crippen molar-refractivity contribution in [2.24, 2.45) is 0 Å². The van der Waals surface area contributed by atoms with Crippen molar-refractivity contribution < 1.29 is 9.90 Å². The van der Waals surface area contributed by atoms with Crippen molar-refractivity contribution in [1.29, 1.82) is 0 Å². The molecule has 0 amide bonds. The van der Waals surface area contributed by atoms with Crippen LogP contribution in [0, 0.1) is 39.5 Å². The smallest absolute Gasteiger partial charge is 0.382 e. The summed E-state index contributed by atoms with van der Waals surface area (Å²) >= 11 is 0. The van der Waals surface area contributed by atoms with Gasteiger partial charge in [-0.2, -0.15) is 0 Å². The Balaban J connectivity index is 3.42. The van der Waals surface area contributed by atoms with Crippen LogP contribution in [0.25, 0.3) is 0 Å². The van der Waals surface area contributed by atoms with Gasteiger partial charge in [-0.1, -0.05) is 12.0 Å². The van der Waals surface area contributed by atoms with Crippen molar-refractivity contribution in [2.75, 3.05) is 0 Å². The minimum Gasteiger partial charge on any atom is -0.472 e. The molecule has 0 fully saturated rings. The fourth-order valence-electron chi connectivity index (χ4n) is 1.52. The first-order valence-corrected chi connectivity index (χ1v) is 4.76. The number of carboxylic acid groups (broad SMARTS) is 1. The van der Waals surface area contributed by atoms with Crippen molar-refractivity contribution in [3.8, 4) is 11.8 Å². The monoisotopic (exact) mass is 202 g/mol. The van der Waals surface area contributed by atoms with Gasteiger partial charge in [0.2, 0.25) is 0 Å². The van der Waals surface area contributed by atoms with E-state index in [2.05, 4.69) is 17.9 Å². The predicted molar refractivity (Wildman–Crippen MR) is 59.9 cm³/mol. The van der Waals surface area contributed by atoms with Crippen molar-refractivity contribution in [3.63, 3.8) is 0 Å². The molecule has 2 nitrogen and oxygen atoms in total. The molecule has 0 aromatic heterocycles. The van der Waals surface area contributed by atoms with Crippen LogP contribution in [-0.2, 0) is 4.79 Å². The Labute approximate surface area is 89.9 Å². The summed E-state index contributed by atoms with van der Waals surface area (Å²) in [6.45, 7) is 7.95. The van der Waals surface area contributed by atoms with E-state index >= 15 is 0 Å². The summed E-state index contributed by atoms with van der Waals surface area (Å²) < 4.78 is 0. The van der Waals surface area contributed by atoms with E-state index in [1.165, 1.54) is 0 Å².